The van der Waals surface area contributed by atoms with Gasteiger partial charge in [-0.2, -0.15) is 0 Å². The van der Waals surface area contributed by atoms with Gasteiger partial charge in [-0.15, -0.1) is 11.8 Å². The number of rotatable bonds is 5. The Labute approximate surface area is 96.8 Å². The van der Waals surface area contributed by atoms with Crippen molar-refractivity contribution in [3.63, 3.8) is 0 Å². The predicted molar refractivity (Wildman–Crippen MR) is 62.7 cm³/mol. The molecule has 0 saturated carbocycles. The van der Waals surface area contributed by atoms with Gasteiger partial charge in [0.2, 0.25) is 0 Å². The molecule has 0 spiro atoms. The van der Waals surface area contributed by atoms with E-state index >= 15 is 0 Å². The van der Waals surface area contributed by atoms with Crippen LogP contribution in [-0.4, -0.2) is 24.6 Å². The fourth-order valence-electron chi connectivity index (χ4n) is 0.995. The van der Waals surface area contributed by atoms with E-state index in [-0.39, 0.29) is 6.61 Å². The lowest BCUT2D eigenvalue weighted by Crippen LogP contribution is -1.92. The highest BCUT2D eigenvalue weighted by molar-refractivity contribution is 9.10. The van der Waals surface area contributed by atoms with E-state index < -0.39 is 0 Å². The minimum atomic E-state index is 0.0849. The number of halogens is 1. The van der Waals surface area contributed by atoms with Gasteiger partial charge < -0.3 is 9.84 Å². The van der Waals surface area contributed by atoms with E-state index in [0.717, 1.165) is 22.4 Å². The van der Waals surface area contributed by atoms with Crippen LogP contribution in [0.2, 0.25) is 0 Å². The molecule has 0 radical (unpaired) electrons. The monoisotopic (exact) mass is 276 g/mol. The second-order valence-corrected chi connectivity index (χ2v) is 4.76. The highest BCUT2D eigenvalue weighted by Crippen LogP contribution is 2.28. The Balaban J connectivity index is 2.59. The molecule has 0 unspecified atom stereocenters. The maximum absolute atomic E-state index is 8.92. The van der Waals surface area contributed by atoms with Gasteiger partial charge in [0.1, 0.15) is 0 Å². The van der Waals surface area contributed by atoms with Gasteiger partial charge in [-0.05, 0) is 33.6 Å². The summed E-state index contributed by atoms with van der Waals surface area (Å²) in [5, 5.41) is 8.92. The van der Waals surface area contributed by atoms with Crippen LogP contribution in [0, 0.1) is 0 Å². The second kappa shape index (κ2) is 6.45. The molecule has 0 heterocycles. The minimum Gasteiger partial charge on any atom is -0.392 e. The number of ether oxygens (including phenoxy) is 1. The zero-order valence-electron chi connectivity index (χ0n) is 8.00. The van der Waals surface area contributed by atoms with Crippen molar-refractivity contribution >= 4 is 27.7 Å². The summed E-state index contributed by atoms with van der Waals surface area (Å²) in [7, 11) is 1.70. The summed E-state index contributed by atoms with van der Waals surface area (Å²) in [5.41, 5.74) is 0.924. The van der Waals surface area contributed by atoms with Crippen LogP contribution < -0.4 is 0 Å². The van der Waals surface area contributed by atoms with Crippen molar-refractivity contribution < 1.29 is 9.84 Å². The van der Waals surface area contributed by atoms with E-state index in [0.29, 0.717) is 0 Å². The first-order valence-corrected chi connectivity index (χ1v) is 6.07. The van der Waals surface area contributed by atoms with Crippen molar-refractivity contribution in [1.82, 2.24) is 0 Å². The summed E-state index contributed by atoms with van der Waals surface area (Å²) < 4.78 is 6.00. The molecule has 0 atom stereocenters. The van der Waals surface area contributed by atoms with Gasteiger partial charge >= 0.3 is 0 Å². The van der Waals surface area contributed by atoms with E-state index in [1.54, 1.807) is 18.9 Å². The van der Waals surface area contributed by atoms with E-state index in [1.807, 2.05) is 18.2 Å². The Kier molecular flexibility index (Phi) is 5.55. The average Bonchev–Trinajstić information content (AvgIpc) is 2.20. The maximum atomic E-state index is 8.92. The summed E-state index contributed by atoms with van der Waals surface area (Å²) in [6, 6.07) is 5.88. The van der Waals surface area contributed by atoms with E-state index in [4.69, 9.17) is 9.84 Å². The molecule has 0 aliphatic rings. The number of methoxy groups -OCH3 is 1. The molecule has 0 fully saturated rings. The quantitative estimate of drug-likeness (QED) is 0.663. The summed E-state index contributed by atoms with van der Waals surface area (Å²) in [5.74, 6) is 0.938. The summed E-state index contributed by atoms with van der Waals surface area (Å²) in [6.07, 6.45) is 0. The predicted octanol–water partition coefficient (Wildman–Crippen LogP) is 2.68. The molecule has 78 valence electrons. The van der Waals surface area contributed by atoms with Crippen LogP contribution in [-0.2, 0) is 11.3 Å². The van der Waals surface area contributed by atoms with Gasteiger partial charge in [-0.1, -0.05) is 6.07 Å². The second-order valence-electron chi connectivity index (χ2n) is 2.76. The van der Waals surface area contributed by atoms with Gasteiger partial charge in [-0.25, -0.2) is 0 Å². The zero-order chi connectivity index (χ0) is 10.4. The number of aliphatic hydroxyl groups is 1. The van der Waals surface area contributed by atoms with Crippen LogP contribution in [0.25, 0.3) is 0 Å². The number of thioether (sulfide) groups is 1. The van der Waals surface area contributed by atoms with Crippen LogP contribution in [0.5, 0.6) is 0 Å². The Morgan fingerprint density at radius 3 is 2.86 bits per heavy atom. The van der Waals surface area contributed by atoms with E-state index in [1.165, 1.54) is 4.90 Å². The molecule has 0 bridgehead atoms. The van der Waals surface area contributed by atoms with Crippen molar-refractivity contribution in [2.45, 2.75) is 11.5 Å². The van der Waals surface area contributed by atoms with Crippen molar-refractivity contribution in [3.8, 4) is 0 Å². The van der Waals surface area contributed by atoms with Gasteiger partial charge in [0.25, 0.3) is 0 Å². The third-order valence-corrected chi connectivity index (χ3v) is 3.68. The summed E-state index contributed by atoms with van der Waals surface area (Å²) in [6.45, 7) is 0.834. The van der Waals surface area contributed by atoms with Gasteiger partial charge in [0.05, 0.1) is 13.2 Å². The SMILES string of the molecule is COCCSc1ccc(CO)cc1Br. The lowest BCUT2D eigenvalue weighted by atomic mass is 10.2. The molecule has 1 aromatic rings. The number of hydrogen-bond acceptors (Lipinski definition) is 3. The average molecular weight is 277 g/mol. The van der Waals surface area contributed by atoms with Crippen LogP contribution >= 0.6 is 27.7 Å². The molecule has 4 heteroatoms. The lowest BCUT2D eigenvalue weighted by molar-refractivity contribution is 0.218. The minimum absolute atomic E-state index is 0.0849. The number of aliphatic hydroxyl groups excluding tert-OH is 1. The fourth-order valence-corrected chi connectivity index (χ4v) is 2.60. The van der Waals surface area contributed by atoms with E-state index in [9.17, 15) is 0 Å². The highest BCUT2D eigenvalue weighted by Gasteiger charge is 2.01. The van der Waals surface area contributed by atoms with Gasteiger partial charge in [0, 0.05) is 22.2 Å². The molecule has 2 nitrogen and oxygen atoms in total. The molecule has 14 heavy (non-hydrogen) atoms. The molecule has 1 aromatic carbocycles. The van der Waals surface area contributed by atoms with Crippen molar-refractivity contribution in [3.05, 3.63) is 28.2 Å². The standard InChI is InChI=1S/C10H13BrO2S/c1-13-4-5-14-10-3-2-8(7-12)6-9(10)11/h2-3,6,12H,4-5,7H2,1H3. The molecule has 0 aliphatic carbocycles. The fraction of sp³-hybridized carbons (Fsp3) is 0.400. The number of benzene rings is 1. The summed E-state index contributed by atoms with van der Waals surface area (Å²) >= 11 is 5.20. The van der Waals surface area contributed by atoms with Crippen molar-refractivity contribution in [2.24, 2.45) is 0 Å². The Morgan fingerprint density at radius 1 is 1.50 bits per heavy atom. The molecule has 1 N–H and O–H groups in total. The molecular weight excluding hydrogens is 264 g/mol. The Bertz CT molecular complexity index is 291. The molecule has 0 aromatic heterocycles. The van der Waals surface area contributed by atoms with Gasteiger partial charge in [0.15, 0.2) is 0 Å². The molecule has 0 amide bonds. The van der Waals surface area contributed by atoms with E-state index in [2.05, 4.69) is 15.9 Å². The van der Waals surface area contributed by atoms with Gasteiger partial charge in [-0.3, -0.25) is 0 Å². The lowest BCUT2D eigenvalue weighted by Gasteiger charge is -2.05. The van der Waals surface area contributed by atoms with Crippen molar-refractivity contribution in [2.75, 3.05) is 19.5 Å². The van der Waals surface area contributed by atoms with Crippen LogP contribution in [0.4, 0.5) is 0 Å². The zero-order valence-corrected chi connectivity index (χ0v) is 10.4. The number of hydrogen-bond donors (Lipinski definition) is 1. The third-order valence-electron chi connectivity index (χ3n) is 1.72. The molecule has 0 aliphatic heterocycles. The Hall–Kier alpha value is -0.0300. The van der Waals surface area contributed by atoms with Crippen LogP contribution in [0.3, 0.4) is 0 Å². The van der Waals surface area contributed by atoms with Crippen LogP contribution in [0.15, 0.2) is 27.6 Å². The molecular formula is C10H13BrO2S. The van der Waals surface area contributed by atoms with Crippen LogP contribution in [0.1, 0.15) is 5.56 Å². The summed E-state index contributed by atoms with van der Waals surface area (Å²) in [4.78, 5) is 1.18. The molecule has 0 saturated heterocycles. The smallest absolute Gasteiger partial charge is 0.0682 e. The first-order chi connectivity index (χ1) is 6.77. The molecule has 1 rings (SSSR count). The largest absolute Gasteiger partial charge is 0.392 e. The van der Waals surface area contributed by atoms with Crippen molar-refractivity contribution in [1.29, 1.82) is 0 Å². The Morgan fingerprint density at radius 2 is 2.29 bits per heavy atom. The first-order valence-electron chi connectivity index (χ1n) is 4.29. The topological polar surface area (TPSA) is 29.5 Å². The first kappa shape index (κ1) is 12.0. The maximum Gasteiger partial charge on any atom is 0.0682 e. The highest BCUT2D eigenvalue weighted by atomic mass is 79.9. The third kappa shape index (κ3) is 3.61. The normalized spacial score (nSPS) is 10.5.